The van der Waals surface area contributed by atoms with Crippen LogP contribution >= 0.6 is 11.6 Å². The standard InChI is InChI=1S/C15H20ClNO3/c1-9(2)10(3)17-14(18)8-11-6-12(16)15-13(7-11)19-4-5-20-15/h6-7,9-10H,4-5,8H2,1-3H3,(H,17,18)/t10-/m0/s1. The number of halogens is 1. The summed E-state index contributed by atoms with van der Waals surface area (Å²) in [6, 6.07) is 3.73. The maximum Gasteiger partial charge on any atom is 0.224 e. The molecule has 1 aliphatic heterocycles. The lowest BCUT2D eigenvalue weighted by molar-refractivity contribution is -0.121. The van der Waals surface area contributed by atoms with Crippen LogP contribution in [0.25, 0.3) is 0 Å². The highest BCUT2D eigenvalue weighted by Crippen LogP contribution is 2.38. The van der Waals surface area contributed by atoms with E-state index in [-0.39, 0.29) is 18.4 Å². The zero-order valence-corrected chi connectivity index (χ0v) is 12.8. The average Bonchev–Trinajstić information content (AvgIpc) is 2.38. The van der Waals surface area contributed by atoms with E-state index < -0.39 is 0 Å². The Labute approximate surface area is 124 Å². The summed E-state index contributed by atoms with van der Waals surface area (Å²) >= 11 is 6.15. The van der Waals surface area contributed by atoms with Crippen molar-refractivity contribution in [1.29, 1.82) is 0 Å². The Bertz CT molecular complexity index is 502. The first-order chi connectivity index (χ1) is 9.47. The Balaban J connectivity index is 2.06. The Morgan fingerprint density at radius 2 is 2.00 bits per heavy atom. The molecule has 0 unspecified atom stereocenters. The second-order valence-corrected chi connectivity index (χ2v) is 5.79. The lowest BCUT2D eigenvalue weighted by atomic mass is 10.1. The van der Waals surface area contributed by atoms with Gasteiger partial charge in [-0.1, -0.05) is 25.4 Å². The van der Waals surface area contributed by atoms with Crippen LogP contribution in [0, 0.1) is 5.92 Å². The summed E-state index contributed by atoms with van der Waals surface area (Å²) in [6.45, 7) is 7.15. The van der Waals surface area contributed by atoms with Crippen LogP contribution in [0.3, 0.4) is 0 Å². The molecule has 0 spiro atoms. The maximum absolute atomic E-state index is 12.0. The van der Waals surface area contributed by atoms with Gasteiger partial charge < -0.3 is 14.8 Å². The Morgan fingerprint density at radius 3 is 2.70 bits per heavy atom. The molecule has 4 nitrogen and oxygen atoms in total. The third-order valence-electron chi connectivity index (χ3n) is 3.41. The van der Waals surface area contributed by atoms with Gasteiger partial charge in [0.15, 0.2) is 11.5 Å². The number of hydrogen-bond acceptors (Lipinski definition) is 3. The minimum Gasteiger partial charge on any atom is -0.486 e. The highest BCUT2D eigenvalue weighted by molar-refractivity contribution is 6.32. The predicted octanol–water partition coefficient (Wildman–Crippen LogP) is 2.81. The van der Waals surface area contributed by atoms with Crippen molar-refractivity contribution in [2.45, 2.75) is 33.2 Å². The maximum atomic E-state index is 12.0. The Hall–Kier alpha value is -1.42. The summed E-state index contributed by atoms with van der Waals surface area (Å²) in [5, 5.41) is 3.46. The van der Waals surface area contributed by atoms with Crippen LogP contribution in [0.4, 0.5) is 0 Å². The summed E-state index contributed by atoms with van der Waals surface area (Å²) in [5.41, 5.74) is 0.827. The molecule has 0 bridgehead atoms. The van der Waals surface area contributed by atoms with Crippen molar-refractivity contribution in [2.75, 3.05) is 13.2 Å². The van der Waals surface area contributed by atoms with Gasteiger partial charge in [-0.3, -0.25) is 4.79 Å². The summed E-state index contributed by atoms with van der Waals surface area (Å²) < 4.78 is 11.0. The molecule has 20 heavy (non-hydrogen) atoms. The number of rotatable bonds is 4. The van der Waals surface area contributed by atoms with Gasteiger partial charge >= 0.3 is 0 Å². The smallest absolute Gasteiger partial charge is 0.224 e. The first-order valence-corrected chi connectivity index (χ1v) is 7.22. The topological polar surface area (TPSA) is 47.6 Å². The van der Waals surface area contributed by atoms with Crippen LogP contribution in [0.15, 0.2) is 12.1 Å². The average molecular weight is 298 g/mol. The van der Waals surface area contributed by atoms with E-state index in [1.165, 1.54) is 0 Å². The van der Waals surface area contributed by atoms with E-state index in [1.807, 2.05) is 13.0 Å². The molecular weight excluding hydrogens is 278 g/mol. The van der Waals surface area contributed by atoms with Gasteiger partial charge in [-0.15, -0.1) is 0 Å². The predicted molar refractivity (Wildman–Crippen MR) is 78.6 cm³/mol. The number of carbonyl (C=O) groups is 1. The van der Waals surface area contributed by atoms with Crippen LogP contribution in [-0.4, -0.2) is 25.2 Å². The SMILES string of the molecule is CC(C)[C@H](C)NC(=O)Cc1cc(Cl)c2c(c1)OCCO2. The van der Waals surface area contributed by atoms with Crippen molar-refractivity contribution >= 4 is 17.5 Å². The fourth-order valence-electron chi connectivity index (χ4n) is 1.92. The Kier molecular flexibility index (Phi) is 4.76. The fourth-order valence-corrected chi connectivity index (χ4v) is 2.21. The van der Waals surface area contributed by atoms with Gasteiger partial charge in [-0.25, -0.2) is 0 Å². The first kappa shape index (κ1) is 15.0. The highest BCUT2D eigenvalue weighted by atomic mass is 35.5. The van der Waals surface area contributed by atoms with Gasteiger partial charge in [-0.05, 0) is 30.5 Å². The van der Waals surface area contributed by atoms with E-state index in [4.69, 9.17) is 21.1 Å². The van der Waals surface area contributed by atoms with Gasteiger partial charge in [0.25, 0.3) is 0 Å². The largest absolute Gasteiger partial charge is 0.486 e. The molecule has 1 atom stereocenters. The van der Waals surface area contributed by atoms with Gasteiger partial charge in [0.2, 0.25) is 5.91 Å². The van der Waals surface area contributed by atoms with Gasteiger partial charge in [-0.2, -0.15) is 0 Å². The van der Waals surface area contributed by atoms with E-state index in [0.29, 0.717) is 35.7 Å². The molecule has 0 aliphatic carbocycles. The number of amides is 1. The van der Waals surface area contributed by atoms with Crippen LogP contribution in [0.1, 0.15) is 26.3 Å². The van der Waals surface area contributed by atoms with E-state index in [2.05, 4.69) is 19.2 Å². The number of carbonyl (C=O) groups excluding carboxylic acids is 1. The zero-order valence-electron chi connectivity index (χ0n) is 12.0. The minimum atomic E-state index is -0.0149. The second-order valence-electron chi connectivity index (χ2n) is 5.38. The molecule has 1 aliphatic rings. The van der Waals surface area contributed by atoms with Crippen molar-refractivity contribution in [3.63, 3.8) is 0 Å². The molecule has 0 aromatic heterocycles. The summed E-state index contributed by atoms with van der Waals surface area (Å²) in [7, 11) is 0. The quantitative estimate of drug-likeness (QED) is 0.929. The summed E-state index contributed by atoms with van der Waals surface area (Å²) in [4.78, 5) is 12.0. The highest BCUT2D eigenvalue weighted by Gasteiger charge is 2.18. The van der Waals surface area contributed by atoms with Crippen LogP contribution in [-0.2, 0) is 11.2 Å². The molecule has 1 aromatic carbocycles. The molecule has 5 heteroatoms. The molecule has 1 amide bonds. The third kappa shape index (κ3) is 3.57. The van der Waals surface area contributed by atoms with E-state index >= 15 is 0 Å². The minimum absolute atomic E-state index is 0.0149. The van der Waals surface area contributed by atoms with E-state index in [9.17, 15) is 4.79 Å². The van der Waals surface area contributed by atoms with Gasteiger partial charge in [0, 0.05) is 6.04 Å². The third-order valence-corrected chi connectivity index (χ3v) is 3.69. The second kappa shape index (κ2) is 6.35. The number of ether oxygens (including phenoxy) is 2. The molecule has 0 radical (unpaired) electrons. The number of fused-ring (bicyclic) bond motifs is 1. The van der Waals surface area contributed by atoms with Crippen molar-refractivity contribution < 1.29 is 14.3 Å². The molecule has 1 heterocycles. The van der Waals surface area contributed by atoms with Crippen molar-refractivity contribution in [1.82, 2.24) is 5.32 Å². The monoisotopic (exact) mass is 297 g/mol. The number of hydrogen-bond donors (Lipinski definition) is 1. The Morgan fingerprint density at radius 1 is 1.30 bits per heavy atom. The van der Waals surface area contributed by atoms with Crippen molar-refractivity contribution in [3.05, 3.63) is 22.7 Å². The molecular formula is C15H20ClNO3. The fraction of sp³-hybridized carbons (Fsp3) is 0.533. The molecule has 1 N–H and O–H groups in total. The molecule has 0 saturated heterocycles. The molecule has 1 aromatic rings. The number of nitrogens with one attached hydrogen (secondary N) is 1. The lowest BCUT2D eigenvalue weighted by Gasteiger charge is -2.21. The summed E-state index contributed by atoms with van der Waals surface area (Å²) in [6.07, 6.45) is 0.285. The normalized spacial score (nSPS) is 15.1. The van der Waals surface area contributed by atoms with E-state index in [1.54, 1.807) is 6.07 Å². The van der Waals surface area contributed by atoms with Crippen LogP contribution in [0.5, 0.6) is 11.5 Å². The summed E-state index contributed by atoms with van der Waals surface area (Å²) in [5.74, 6) is 1.57. The number of benzene rings is 1. The van der Waals surface area contributed by atoms with Crippen LogP contribution < -0.4 is 14.8 Å². The first-order valence-electron chi connectivity index (χ1n) is 6.84. The molecule has 0 fully saturated rings. The van der Waals surface area contributed by atoms with Crippen LogP contribution in [0.2, 0.25) is 5.02 Å². The molecule has 110 valence electrons. The lowest BCUT2D eigenvalue weighted by Crippen LogP contribution is -2.37. The van der Waals surface area contributed by atoms with E-state index in [0.717, 1.165) is 5.56 Å². The van der Waals surface area contributed by atoms with Gasteiger partial charge in [0.05, 0.1) is 11.4 Å². The van der Waals surface area contributed by atoms with Crippen molar-refractivity contribution in [2.24, 2.45) is 5.92 Å². The zero-order chi connectivity index (χ0) is 14.7. The van der Waals surface area contributed by atoms with Crippen molar-refractivity contribution in [3.8, 4) is 11.5 Å². The van der Waals surface area contributed by atoms with Gasteiger partial charge in [0.1, 0.15) is 13.2 Å². The molecule has 2 rings (SSSR count). The molecule has 0 saturated carbocycles.